The molecule has 0 saturated heterocycles. The van der Waals surface area contributed by atoms with E-state index in [9.17, 15) is 13.2 Å². The summed E-state index contributed by atoms with van der Waals surface area (Å²) in [5.41, 5.74) is 5.00. The van der Waals surface area contributed by atoms with E-state index in [0.29, 0.717) is 17.3 Å². The highest BCUT2D eigenvalue weighted by atomic mass is 79.9. The van der Waals surface area contributed by atoms with E-state index in [0.717, 1.165) is 25.3 Å². The predicted molar refractivity (Wildman–Crippen MR) is 68.1 cm³/mol. The van der Waals surface area contributed by atoms with Crippen LogP contribution in [-0.2, 0) is 11.7 Å². The molecule has 0 bridgehead atoms. The summed E-state index contributed by atoms with van der Waals surface area (Å²) in [5.74, 6) is 0. The monoisotopic (exact) mass is 321 g/mol. The van der Waals surface area contributed by atoms with Gasteiger partial charge in [-0.15, -0.1) is 0 Å². The molecule has 0 radical (unpaired) electrons. The first-order valence-corrected chi connectivity index (χ1v) is 6.79. The lowest BCUT2D eigenvalue weighted by Crippen LogP contribution is -2.40. The number of hydrogen-bond donors (Lipinski definition) is 1. The van der Waals surface area contributed by atoms with Gasteiger partial charge in [0.1, 0.15) is 0 Å². The van der Waals surface area contributed by atoms with Gasteiger partial charge in [0.15, 0.2) is 0 Å². The fourth-order valence-corrected chi connectivity index (χ4v) is 3.46. The summed E-state index contributed by atoms with van der Waals surface area (Å²) in [6, 6.07) is 4.15. The molecule has 2 N–H and O–H groups in total. The Hall–Kier alpha value is -0.550. The van der Waals surface area contributed by atoms with Crippen molar-refractivity contribution in [1.29, 1.82) is 0 Å². The predicted octanol–water partition coefficient (Wildman–Crippen LogP) is 4.59. The Morgan fingerprint density at radius 3 is 2.28 bits per heavy atom. The minimum atomic E-state index is -4.36. The average molecular weight is 322 g/mol. The zero-order valence-corrected chi connectivity index (χ0v) is 11.4. The van der Waals surface area contributed by atoms with Crippen LogP contribution in [0.3, 0.4) is 0 Å². The Balaban J connectivity index is 2.55. The van der Waals surface area contributed by atoms with Gasteiger partial charge in [-0.2, -0.15) is 13.2 Å². The van der Waals surface area contributed by atoms with Gasteiger partial charge in [0, 0.05) is 10.0 Å². The van der Waals surface area contributed by atoms with Gasteiger partial charge in [-0.1, -0.05) is 41.3 Å². The summed E-state index contributed by atoms with van der Waals surface area (Å²) in [4.78, 5) is 0. The fourth-order valence-electron chi connectivity index (χ4n) is 2.70. The quantitative estimate of drug-likeness (QED) is 0.804. The third kappa shape index (κ3) is 2.57. The number of benzene rings is 1. The van der Waals surface area contributed by atoms with Crippen LogP contribution in [0.2, 0.25) is 0 Å². The summed E-state index contributed by atoms with van der Waals surface area (Å²) >= 11 is 3.23. The Morgan fingerprint density at radius 1 is 1.11 bits per heavy atom. The normalized spacial score (nSPS) is 19.8. The van der Waals surface area contributed by atoms with Gasteiger partial charge in [0.2, 0.25) is 0 Å². The van der Waals surface area contributed by atoms with Gasteiger partial charge >= 0.3 is 6.18 Å². The molecule has 0 heterocycles. The summed E-state index contributed by atoms with van der Waals surface area (Å²) in [7, 11) is 0. The zero-order chi connectivity index (χ0) is 13.4. The van der Waals surface area contributed by atoms with E-state index in [2.05, 4.69) is 15.9 Å². The van der Waals surface area contributed by atoms with Gasteiger partial charge < -0.3 is 5.73 Å². The minimum Gasteiger partial charge on any atom is -0.321 e. The Bertz CT molecular complexity index is 436. The summed E-state index contributed by atoms with van der Waals surface area (Å²) < 4.78 is 39.7. The Kier molecular flexibility index (Phi) is 3.74. The number of hydrogen-bond acceptors (Lipinski definition) is 1. The number of halogens is 4. The van der Waals surface area contributed by atoms with Crippen molar-refractivity contribution < 1.29 is 13.2 Å². The fraction of sp³-hybridized carbons (Fsp3) is 0.538. The largest absolute Gasteiger partial charge is 0.416 e. The molecular weight excluding hydrogens is 307 g/mol. The Labute approximate surface area is 113 Å². The second-order valence-electron chi connectivity index (χ2n) is 4.88. The molecule has 0 atom stereocenters. The molecule has 100 valence electrons. The maximum atomic E-state index is 13.1. The van der Waals surface area contributed by atoms with Crippen LogP contribution >= 0.6 is 15.9 Å². The van der Waals surface area contributed by atoms with Crippen LogP contribution in [-0.4, -0.2) is 0 Å². The lowest BCUT2D eigenvalue weighted by molar-refractivity contribution is -0.139. The van der Waals surface area contributed by atoms with Crippen LogP contribution in [0.5, 0.6) is 0 Å². The van der Waals surface area contributed by atoms with Gasteiger partial charge in [-0.3, -0.25) is 0 Å². The number of rotatable bonds is 1. The first-order chi connectivity index (χ1) is 8.34. The van der Waals surface area contributed by atoms with E-state index in [1.807, 2.05) is 0 Å². The van der Waals surface area contributed by atoms with E-state index in [1.165, 1.54) is 6.07 Å². The van der Waals surface area contributed by atoms with Crippen LogP contribution in [0.1, 0.15) is 43.2 Å². The second kappa shape index (κ2) is 4.85. The van der Waals surface area contributed by atoms with Crippen molar-refractivity contribution in [2.24, 2.45) is 5.73 Å². The zero-order valence-electron chi connectivity index (χ0n) is 9.86. The van der Waals surface area contributed by atoms with Crippen molar-refractivity contribution in [3.05, 3.63) is 33.8 Å². The lowest BCUT2D eigenvalue weighted by Gasteiger charge is -2.36. The van der Waals surface area contributed by atoms with Crippen molar-refractivity contribution in [3.8, 4) is 0 Å². The smallest absolute Gasteiger partial charge is 0.321 e. The highest BCUT2D eigenvalue weighted by Gasteiger charge is 2.41. The molecule has 5 heteroatoms. The highest BCUT2D eigenvalue weighted by Crippen LogP contribution is 2.44. The summed E-state index contributed by atoms with van der Waals surface area (Å²) in [6.45, 7) is 0. The molecule has 1 aromatic rings. The topological polar surface area (TPSA) is 26.0 Å². The van der Waals surface area contributed by atoms with Crippen LogP contribution < -0.4 is 5.73 Å². The van der Waals surface area contributed by atoms with Crippen LogP contribution in [0.4, 0.5) is 13.2 Å². The number of nitrogens with two attached hydrogens (primary N) is 1. The van der Waals surface area contributed by atoms with Crippen molar-refractivity contribution in [2.45, 2.75) is 43.8 Å². The average Bonchev–Trinajstić information content (AvgIpc) is 2.28. The molecule has 0 spiro atoms. The maximum Gasteiger partial charge on any atom is 0.416 e. The first-order valence-electron chi connectivity index (χ1n) is 6.00. The third-order valence-corrected chi connectivity index (χ3v) is 4.22. The Morgan fingerprint density at radius 2 is 1.72 bits per heavy atom. The first kappa shape index (κ1) is 13.9. The molecule has 1 fully saturated rings. The maximum absolute atomic E-state index is 13.1. The highest BCUT2D eigenvalue weighted by molar-refractivity contribution is 9.10. The molecule has 1 nitrogen and oxygen atoms in total. The van der Waals surface area contributed by atoms with Crippen LogP contribution in [0.25, 0.3) is 0 Å². The molecule has 0 unspecified atom stereocenters. The van der Waals surface area contributed by atoms with Gasteiger partial charge in [-0.25, -0.2) is 0 Å². The molecule has 0 aliphatic heterocycles. The molecule has 1 aliphatic rings. The van der Waals surface area contributed by atoms with E-state index in [4.69, 9.17) is 5.73 Å². The van der Waals surface area contributed by atoms with Gasteiger partial charge in [0.05, 0.1) is 5.56 Å². The SMILES string of the molecule is NC1(c2c(Br)cccc2C(F)(F)F)CCCCC1. The molecule has 18 heavy (non-hydrogen) atoms. The molecule has 2 rings (SSSR count). The third-order valence-electron chi connectivity index (χ3n) is 3.56. The van der Waals surface area contributed by atoms with Crippen molar-refractivity contribution in [1.82, 2.24) is 0 Å². The van der Waals surface area contributed by atoms with E-state index >= 15 is 0 Å². The molecule has 1 aromatic carbocycles. The van der Waals surface area contributed by atoms with Gasteiger partial charge in [0.25, 0.3) is 0 Å². The van der Waals surface area contributed by atoms with E-state index < -0.39 is 17.3 Å². The lowest BCUT2D eigenvalue weighted by atomic mass is 9.75. The van der Waals surface area contributed by atoms with E-state index in [1.54, 1.807) is 6.07 Å². The number of alkyl halides is 3. The molecule has 0 amide bonds. The summed E-state index contributed by atoms with van der Waals surface area (Å²) in [6.07, 6.45) is -0.324. The minimum absolute atomic E-state index is 0.220. The van der Waals surface area contributed by atoms with Crippen LogP contribution in [0.15, 0.2) is 22.7 Å². The van der Waals surface area contributed by atoms with Crippen molar-refractivity contribution in [3.63, 3.8) is 0 Å². The molecule has 1 aliphatic carbocycles. The summed E-state index contributed by atoms with van der Waals surface area (Å²) in [5, 5.41) is 0. The molecular formula is C13H15BrF3N. The standard InChI is InChI=1S/C13H15BrF3N/c14-10-6-4-5-9(13(15,16)17)11(10)12(18)7-2-1-3-8-12/h4-6H,1-3,7-8,18H2. The van der Waals surface area contributed by atoms with Crippen molar-refractivity contribution in [2.75, 3.05) is 0 Å². The van der Waals surface area contributed by atoms with E-state index in [-0.39, 0.29) is 5.56 Å². The van der Waals surface area contributed by atoms with Crippen LogP contribution in [0, 0.1) is 0 Å². The molecule has 0 aromatic heterocycles. The van der Waals surface area contributed by atoms with Gasteiger partial charge in [-0.05, 0) is 30.5 Å². The van der Waals surface area contributed by atoms with Crippen molar-refractivity contribution >= 4 is 15.9 Å². The second-order valence-corrected chi connectivity index (χ2v) is 5.73. The molecule has 1 saturated carbocycles.